The Kier molecular flexibility index (Phi) is 5.81. The summed E-state index contributed by atoms with van der Waals surface area (Å²) in [4.78, 5) is 17.3. The van der Waals surface area contributed by atoms with Gasteiger partial charge in [0.05, 0.1) is 0 Å². The first-order valence-corrected chi connectivity index (χ1v) is 10.0. The van der Waals surface area contributed by atoms with Gasteiger partial charge in [0.1, 0.15) is 6.10 Å². The van der Waals surface area contributed by atoms with E-state index in [4.69, 9.17) is 4.74 Å². The summed E-state index contributed by atoms with van der Waals surface area (Å²) >= 11 is 0. The van der Waals surface area contributed by atoms with Crippen molar-refractivity contribution in [1.82, 2.24) is 10.3 Å². The fourth-order valence-electron chi connectivity index (χ4n) is 2.90. The first-order valence-electron chi connectivity index (χ1n) is 8.46. The third-order valence-corrected chi connectivity index (χ3v) is 5.25. The molecule has 1 fully saturated rings. The van der Waals surface area contributed by atoms with Gasteiger partial charge in [-0.3, -0.25) is 9.00 Å². The van der Waals surface area contributed by atoms with E-state index < -0.39 is 10.8 Å². The standard InChI is InChI=1S/C19H22N2O3S/c1-25(23)17-10-8-14(9-11-17)18(22)21-13-15-5-4-12-20-19(15)24-16-6-2-3-7-16/h4-5,8-12,16H,2-3,6-7,13H2,1H3,(H,21,22)/t25-/m0/s1. The average molecular weight is 358 g/mol. The Morgan fingerprint density at radius 2 is 1.96 bits per heavy atom. The van der Waals surface area contributed by atoms with Crippen LogP contribution in [0.1, 0.15) is 41.6 Å². The molecule has 1 aliphatic rings. The Bertz CT molecular complexity index is 756. The molecule has 1 saturated carbocycles. The smallest absolute Gasteiger partial charge is 0.251 e. The van der Waals surface area contributed by atoms with Crippen LogP contribution in [0.15, 0.2) is 47.5 Å². The molecule has 25 heavy (non-hydrogen) atoms. The van der Waals surface area contributed by atoms with Crippen molar-refractivity contribution >= 4 is 16.7 Å². The van der Waals surface area contributed by atoms with E-state index in [2.05, 4.69) is 10.3 Å². The van der Waals surface area contributed by atoms with Crippen molar-refractivity contribution in [2.75, 3.05) is 6.26 Å². The highest BCUT2D eigenvalue weighted by molar-refractivity contribution is 7.84. The van der Waals surface area contributed by atoms with Gasteiger partial charge >= 0.3 is 0 Å². The number of ether oxygens (including phenoxy) is 1. The number of aromatic nitrogens is 1. The highest BCUT2D eigenvalue weighted by atomic mass is 32.2. The van der Waals surface area contributed by atoms with E-state index in [-0.39, 0.29) is 12.0 Å². The Labute approximate surface area is 150 Å². The third-order valence-electron chi connectivity index (χ3n) is 4.32. The normalized spacial score (nSPS) is 15.7. The number of rotatable bonds is 6. The van der Waals surface area contributed by atoms with Crippen molar-refractivity contribution in [3.63, 3.8) is 0 Å². The molecule has 6 heteroatoms. The lowest BCUT2D eigenvalue weighted by Crippen LogP contribution is -2.24. The zero-order valence-electron chi connectivity index (χ0n) is 14.2. The molecule has 1 heterocycles. The van der Waals surface area contributed by atoms with Crippen molar-refractivity contribution in [3.8, 4) is 5.88 Å². The minimum atomic E-state index is -1.05. The second-order valence-electron chi connectivity index (χ2n) is 6.15. The molecule has 2 aromatic rings. The lowest BCUT2D eigenvalue weighted by atomic mass is 10.2. The maximum absolute atomic E-state index is 12.3. The number of hydrogen-bond acceptors (Lipinski definition) is 4. The molecule has 1 aromatic heterocycles. The van der Waals surface area contributed by atoms with Gasteiger partial charge in [0.2, 0.25) is 5.88 Å². The van der Waals surface area contributed by atoms with Crippen LogP contribution in [0.2, 0.25) is 0 Å². The topological polar surface area (TPSA) is 68.3 Å². The molecule has 0 radical (unpaired) electrons. The van der Waals surface area contributed by atoms with E-state index in [0.717, 1.165) is 18.4 Å². The van der Waals surface area contributed by atoms with Gasteiger partial charge in [-0.05, 0) is 56.0 Å². The summed E-state index contributed by atoms with van der Waals surface area (Å²) in [5, 5.41) is 2.89. The predicted octanol–water partition coefficient (Wildman–Crippen LogP) is 3.07. The van der Waals surface area contributed by atoms with Crippen molar-refractivity contribution in [1.29, 1.82) is 0 Å². The SMILES string of the molecule is C[S@](=O)c1ccc(C(=O)NCc2cccnc2OC2CCCC2)cc1. The maximum Gasteiger partial charge on any atom is 0.251 e. The summed E-state index contributed by atoms with van der Waals surface area (Å²) in [6.07, 6.45) is 8.07. The van der Waals surface area contributed by atoms with Crippen LogP contribution >= 0.6 is 0 Å². The summed E-state index contributed by atoms with van der Waals surface area (Å²) in [7, 11) is -1.05. The lowest BCUT2D eigenvalue weighted by molar-refractivity contribution is 0.0950. The summed E-state index contributed by atoms with van der Waals surface area (Å²) in [6.45, 7) is 0.357. The molecule has 0 aliphatic heterocycles. The summed E-state index contributed by atoms with van der Waals surface area (Å²) in [5.41, 5.74) is 1.41. The summed E-state index contributed by atoms with van der Waals surface area (Å²) in [6, 6.07) is 10.6. The van der Waals surface area contributed by atoms with Crippen LogP contribution < -0.4 is 10.1 Å². The van der Waals surface area contributed by atoms with Gasteiger partial charge in [-0.15, -0.1) is 0 Å². The highest BCUT2D eigenvalue weighted by Crippen LogP contribution is 2.25. The molecular formula is C19H22N2O3S. The van der Waals surface area contributed by atoms with Gasteiger partial charge in [-0.2, -0.15) is 0 Å². The molecule has 0 saturated heterocycles. The maximum atomic E-state index is 12.3. The molecule has 1 N–H and O–H groups in total. The molecular weight excluding hydrogens is 336 g/mol. The van der Waals surface area contributed by atoms with Crippen molar-refractivity contribution in [3.05, 3.63) is 53.7 Å². The molecule has 0 bridgehead atoms. The van der Waals surface area contributed by atoms with Gasteiger partial charge in [-0.25, -0.2) is 4.98 Å². The number of benzene rings is 1. The fourth-order valence-corrected chi connectivity index (χ4v) is 3.42. The molecule has 0 unspecified atom stereocenters. The number of pyridine rings is 1. The first kappa shape index (κ1) is 17.6. The van der Waals surface area contributed by atoms with Crippen LogP contribution in [0.4, 0.5) is 0 Å². The number of nitrogens with one attached hydrogen (secondary N) is 1. The molecule has 3 rings (SSSR count). The Morgan fingerprint density at radius 3 is 2.64 bits per heavy atom. The van der Waals surface area contributed by atoms with Gasteiger partial charge in [0, 0.05) is 45.8 Å². The van der Waals surface area contributed by atoms with Gasteiger partial charge in [0.15, 0.2) is 0 Å². The minimum absolute atomic E-state index is 0.177. The molecule has 1 amide bonds. The van der Waals surface area contributed by atoms with Crippen molar-refractivity contribution < 1.29 is 13.7 Å². The average Bonchev–Trinajstić information content (AvgIpc) is 3.14. The quantitative estimate of drug-likeness (QED) is 0.862. The van der Waals surface area contributed by atoms with E-state index in [1.807, 2.05) is 12.1 Å². The van der Waals surface area contributed by atoms with Crippen LogP contribution in [0.5, 0.6) is 5.88 Å². The number of carbonyl (C=O) groups excluding carboxylic acids is 1. The van der Waals surface area contributed by atoms with Gasteiger partial charge in [0.25, 0.3) is 5.91 Å². The van der Waals surface area contributed by atoms with Crippen LogP contribution in [-0.4, -0.2) is 27.5 Å². The lowest BCUT2D eigenvalue weighted by Gasteiger charge is -2.15. The highest BCUT2D eigenvalue weighted by Gasteiger charge is 2.18. The molecule has 5 nitrogen and oxygen atoms in total. The fraction of sp³-hybridized carbons (Fsp3) is 0.368. The van der Waals surface area contributed by atoms with E-state index in [1.54, 1.807) is 36.7 Å². The number of amides is 1. The van der Waals surface area contributed by atoms with E-state index in [1.165, 1.54) is 12.8 Å². The van der Waals surface area contributed by atoms with E-state index in [9.17, 15) is 9.00 Å². The van der Waals surface area contributed by atoms with Gasteiger partial charge < -0.3 is 10.1 Å². The molecule has 1 atom stereocenters. The molecule has 0 spiro atoms. The number of nitrogens with zero attached hydrogens (tertiary/aromatic N) is 1. The molecule has 1 aliphatic carbocycles. The zero-order valence-corrected chi connectivity index (χ0v) is 15.1. The first-order chi connectivity index (χ1) is 12.1. The van der Waals surface area contributed by atoms with Crippen LogP contribution in [0.3, 0.4) is 0 Å². The largest absolute Gasteiger partial charge is 0.474 e. The monoisotopic (exact) mass is 358 g/mol. The minimum Gasteiger partial charge on any atom is -0.474 e. The predicted molar refractivity (Wildman–Crippen MR) is 97.1 cm³/mol. The Hall–Kier alpha value is -2.21. The zero-order chi connectivity index (χ0) is 17.6. The molecule has 132 valence electrons. The number of carbonyl (C=O) groups is 1. The van der Waals surface area contributed by atoms with E-state index in [0.29, 0.717) is 22.9 Å². The Balaban J connectivity index is 1.62. The second-order valence-corrected chi connectivity index (χ2v) is 7.53. The van der Waals surface area contributed by atoms with Crippen LogP contribution in [0, 0.1) is 0 Å². The van der Waals surface area contributed by atoms with E-state index >= 15 is 0 Å². The molecule has 1 aromatic carbocycles. The van der Waals surface area contributed by atoms with Gasteiger partial charge in [-0.1, -0.05) is 6.07 Å². The van der Waals surface area contributed by atoms with Crippen LogP contribution in [0.25, 0.3) is 0 Å². The summed E-state index contributed by atoms with van der Waals surface area (Å²) in [5.74, 6) is 0.426. The Morgan fingerprint density at radius 1 is 1.24 bits per heavy atom. The third kappa shape index (κ3) is 4.66. The number of hydrogen-bond donors (Lipinski definition) is 1. The van der Waals surface area contributed by atoms with Crippen molar-refractivity contribution in [2.24, 2.45) is 0 Å². The van der Waals surface area contributed by atoms with Crippen LogP contribution in [-0.2, 0) is 17.3 Å². The van der Waals surface area contributed by atoms with Crippen molar-refractivity contribution in [2.45, 2.75) is 43.2 Å². The second kappa shape index (κ2) is 8.25. The summed E-state index contributed by atoms with van der Waals surface area (Å²) < 4.78 is 17.4.